The zero-order chi connectivity index (χ0) is 13.8. The van der Waals surface area contributed by atoms with Crippen LogP contribution in [0.3, 0.4) is 0 Å². The number of benzene rings is 2. The first kappa shape index (κ1) is 13.1. The van der Waals surface area contributed by atoms with Gasteiger partial charge in [-0.1, -0.05) is 17.7 Å². The Balaban J connectivity index is 2.46. The minimum Gasteiger partial charge on any atom is -0.343 e. The minimum absolute atomic E-state index is 0.511. The summed E-state index contributed by atoms with van der Waals surface area (Å²) in [5, 5.41) is 9.29. The SMILES string of the molecule is CN(c1ccc(C#N)cc1)c1c(Cl)cccc1C=O. The molecule has 0 aliphatic heterocycles. The summed E-state index contributed by atoms with van der Waals surface area (Å²) in [5.41, 5.74) is 2.63. The zero-order valence-corrected chi connectivity index (χ0v) is 11.1. The number of halogens is 1. The molecule has 0 saturated carbocycles. The van der Waals surface area contributed by atoms with Crippen molar-refractivity contribution in [1.29, 1.82) is 5.26 Å². The summed E-state index contributed by atoms with van der Waals surface area (Å²) < 4.78 is 0. The van der Waals surface area contributed by atoms with Crippen LogP contribution in [0.2, 0.25) is 5.02 Å². The van der Waals surface area contributed by atoms with Gasteiger partial charge in [0.2, 0.25) is 0 Å². The van der Waals surface area contributed by atoms with E-state index in [4.69, 9.17) is 16.9 Å². The van der Waals surface area contributed by atoms with Crippen molar-refractivity contribution in [3.63, 3.8) is 0 Å². The maximum absolute atomic E-state index is 11.1. The number of carbonyl (C=O) groups is 1. The minimum atomic E-state index is 0.511. The largest absolute Gasteiger partial charge is 0.343 e. The molecule has 0 saturated heterocycles. The van der Waals surface area contributed by atoms with Gasteiger partial charge in [0.1, 0.15) is 0 Å². The molecule has 4 heteroatoms. The van der Waals surface area contributed by atoms with Crippen LogP contribution < -0.4 is 4.90 Å². The number of carbonyl (C=O) groups excluding carboxylic acids is 1. The van der Waals surface area contributed by atoms with Crippen molar-refractivity contribution in [3.05, 3.63) is 58.6 Å². The molecule has 0 amide bonds. The van der Waals surface area contributed by atoms with Gasteiger partial charge in [0, 0.05) is 18.3 Å². The fraction of sp³-hybridized carbons (Fsp3) is 0.0667. The highest BCUT2D eigenvalue weighted by atomic mass is 35.5. The molecule has 2 rings (SSSR count). The number of para-hydroxylation sites is 1. The lowest BCUT2D eigenvalue weighted by atomic mass is 10.1. The van der Waals surface area contributed by atoms with Gasteiger partial charge >= 0.3 is 0 Å². The smallest absolute Gasteiger partial charge is 0.152 e. The Morgan fingerprint density at radius 3 is 2.47 bits per heavy atom. The van der Waals surface area contributed by atoms with E-state index in [9.17, 15) is 4.79 Å². The zero-order valence-electron chi connectivity index (χ0n) is 10.3. The Labute approximate surface area is 116 Å². The highest BCUT2D eigenvalue weighted by Gasteiger charge is 2.12. The molecular weight excluding hydrogens is 260 g/mol. The van der Waals surface area contributed by atoms with Gasteiger partial charge < -0.3 is 4.90 Å². The Morgan fingerprint density at radius 2 is 1.89 bits per heavy atom. The molecule has 0 aromatic heterocycles. The summed E-state index contributed by atoms with van der Waals surface area (Å²) in [4.78, 5) is 12.9. The quantitative estimate of drug-likeness (QED) is 0.797. The number of rotatable bonds is 3. The second-order valence-electron chi connectivity index (χ2n) is 4.01. The third kappa shape index (κ3) is 2.59. The Morgan fingerprint density at radius 1 is 1.21 bits per heavy atom. The number of nitriles is 1. The Bertz CT molecular complexity index is 644. The molecule has 0 bridgehead atoms. The fourth-order valence-electron chi connectivity index (χ4n) is 1.87. The molecule has 0 aliphatic rings. The number of anilines is 2. The first-order valence-electron chi connectivity index (χ1n) is 5.65. The van der Waals surface area contributed by atoms with Crippen molar-refractivity contribution in [2.45, 2.75) is 0 Å². The van der Waals surface area contributed by atoms with E-state index >= 15 is 0 Å². The molecule has 0 heterocycles. The molecule has 19 heavy (non-hydrogen) atoms. The number of nitrogens with zero attached hydrogens (tertiary/aromatic N) is 2. The molecule has 0 unspecified atom stereocenters. The van der Waals surface area contributed by atoms with Gasteiger partial charge in [-0.05, 0) is 36.4 Å². The lowest BCUT2D eigenvalue weighted by Crippen LogP contribution is -2.12. The molecule has 2 aromatic carbocycles. The molecular formula is C15H11ClN2O. The predicted molar refractivity (Wildman–Crippen MR) is 76.1 cm³/mol. The van der Waals surface area contributed by atoms with Gasteiger partial charge in [-0.2, -0.15) is 5.26 Å². The monoisotopic (exact) mass is 270 g/mol. The molecule has 0 spiro atoms. The van der Waals surface area contributed by atoms with Crippen LogP contribution in [0.1, 0.15) is 15.9 Å². The van der Waals surface area contributed by atoms with E-state index in [1.165, 1.54) is 0 Å². The van der Waals surface area contributed by atoms with Crippen LogP contribution >= 0.6 is 11.6 Å². The van der Waals surface area contributed by atoms with Gasteiger partial charge in [0.15, 0.2) is 6.29 Å². The Hall–Kier alpha value is -2.31. The van der Waals surface area contributed by atoms with Crippen LogP contribution in [0.4, 0.5) is 11.4 Å². The van der Waals surface area contributed by atoms with E-state index in [2.05, 4.69) is 6.07 Å². The first-order valence-corrected chi connectivity index (χ1v) is 6.02. The van der Waals surface area contributed by atoms with E-state index in [-0.39, 0.29) is 0 Å². The molecule has 0 atom stereocenters. The van der Waals surface area contributed by atoms with Gasteiger partial charge in [0.25, 0.3) is 0 Å². The summed E-state index contributed by atoms with van der Waals surface area (Å²) in [6.07, 6.45) is 0.779. The van der Waals surface area contributed by atoms with Crippen molar-refractivity contribution in [2.24, 2.45) is 0 Å². The maximum Gasteiger partial charge on any atom is 0.152 e. The summed E-state index contributed by atoms with van der Waals surface area (Å²) in [6, 6.07) is 14.3. The lowest BCUT2D eigenvalue weighted by Gasteiger charge is -2.22. The van der Waals surface area contributed by atoms with Gasteiger partial charge in [-0.15, -0.1) is 0 Å². The fourth-order valence-corrected chi connectivity index (χ4v) is 2.18. The molecule has 94 valence electrons. The molecule has 0 radical (unpaired) electrons. The highest BCUT2D eigenvalue weighted by molar-refractivity contribution is 6.34. The summed E-state index contributed by atoms with van der Waals surface area (Å²) >= 11 is 6.16. The Kier molecular flexibility index (Phi) is 3.84. The van der Waals surface area contributed by atoms with Gasteiger partial charge in [0.05, 0.1) is 22.3 Å². The van der Waals surface area contributed by atoms with Crippen LogP contribution in [0.15, 0.2) is 42.5 Å². The van der Waals surface area contributed by atoms with Crippen LogP contribution in [0.5, 0.6) is 0 Å². The van der Waals surface area contributed by atoms with Crippen LogP contribution in [-0.2, 0) is 0 Å². The number of aldehydes is 1. The van der Waals surface area contributed by atoms with Crippen molar-refractivity contribution >= 4 is 29.3 Å². The van der Waals surface area contributed by atoms with Crippen molar-refractivity contribution < 1.29 is 4.79 Å². The van der Waals surface area contributed by atoms with E-state index in [0.29, 0.717) is 21.8 Å². The maximum atomic E-state index is 11.1. The third-order valence-corrected chi connectivity index (χ3v) is 3.17. The van der Waals surface area contributed by atoms with E-state index in [1.54, 1.807) is 30.3 Å². The predicted octanol–water partition coefficient (Wildman–Crippen LogP) is 3.79. The summed E-state index contributed by atoms with van der Waals surface area (Å²) in [6.45, 7) is 0. The van der Waals surface area contributed by atoms with Crippen LogP contribution in [0, 0.1) is 11.3 Å². The third-order valence-electron chi connectivity index (χ3n) is 2.86. The van der Waals surface area contributed by atoms with Gasteiger partial charge in [-0.3, -0.25) is 4.79 Å². The van der Waals surface area contributed by atoms with Crippen molar-refractivity contribution in [2.75, 3.05) is 11.9 Å². The number of hydrogen-bond acceptors (Lipinski definition) is 3. The average molecular weight is 271 g/mol. The molecule has 0 N–H and O–H groups in total. The van der Waals surface area contributed by atoms with Crippen LogP contribution in [0.25, 0.3) is 0 Å². The lowest BCUT2D eigenvalue weighted by molar-refractivity contribution is 0.112. The molecule has 3 nitrogen and oxygen atoms in total. The number of hydrogen-bond donors (Lipinski definition) is 0. The first-order chi connectivity index (χ1) is 9.17. The van der Waals surface area contributed by atoms with Crippen molar-refractivity contribution in [1.82, 2.24) is 0 Å². The standard InChI is InChI=1S/C15H11ClN2O/c1-18(13-7-5-11(9-17)6-8-13)15-12(10-19)3-2-4-14(15)16/h2-8,10H,1H3. The highest BCUT2D eigenvalue weighted by Crippen LogP contribution is 2.33. The van der Waals surface area contributed by atoms with Crippen LogP contribution in [-0.4, -0.2) is 13.3 Å². The van der Waals surface area contributed by atoms with E-state index in [0.717, 1.165) is 12.0 Å². The van der Waals surface area contributed by atoms with E-state index < -0.39 is 0 Å². The summed E-state index contributed by atoms with van der Waals surface area (Å²) in [5.74, 6) is 0. The van der Waals surface area contributed by atoms with E-state index in [1.807, 2.05) is 24.1 Å². The van der Waals surface area contributed by atoms with Crippen molar-refractivity contribution in [3.8, 4) is 6.07 Å². The summed E-state index contributed by atoms with van der Waals surface area (Å²) in [7, 11) is 1.83. The topological polar surface area (TPSA) is 44.1 Å². The average Bonchev–Trinajstić information content (AvgIpc) is 2.46. The molecule has 0 aliphatic carbocycles. The molecule has 0 fully saturated rings. The normalized spacial score (nSPS) is 9.74. The van der Waals surface area contributed by atoms with Gasteiger partial charge in [-0.25, -0.2) is 0 Å². The second kappa shape index (κ2) is 5.55. The molecule has 2 aromatic rings. The second-order valence-corrected chi connectivity index (χ2v) is 4.42.